The zero-order chi connectivity index (χ0) is 13.3. The molecule has 0 radical (unpaired) electrons. The van der Waals surface area contributed by atoms with E-state index < -0.39 is 0 Å². The number of halogens is 2. The van der Waals surface area contributed by atoms with E-state index in [1.54, 1.807) is 23.5 Å². The quantitative estimate of drug-likeness (QED) is 0.762. The summed E-state index contributed by atoms with van der Waals surface area (Å²) in [4.78, 5) is 17.7. The van der Waals surface area contributed by atoms with E-state index in [0.29, 0.717) is 17.0 Å². The normalized spacial score (nSPS) is 10.7. The predicted octanol–water partition coefficient (Wildman–Crippen LogP) is 4.60. The van der Waals surface area contributed by atoms with Crippen molar-refractivity contribution in [2.45, 2.75) is 20.3 Å². The predicted molar refractivity (Wildman–Crippen MR) is 78.8 cm³/mol. The van der Waals surface area contributed by atoms with E-state index in [-0.39, 0.29) is 5.78 Å². The third kappa shape index (κ3) is 2.99. The SMILES string of the molecule is Cc1nc(CC(=O)c2cc(Br)ccc2Cl)sc1C. The number of hydrogen-bond acceptors (Lipinski definition) is 3. The summed E-state index contributed by atoms with van der Waals surface area (Å²) in [5.41, 5.74) is 1.53. The summed E-state index contributed by atoms with van der Waals surface area (Å²) in [5, 5.41) is 1.32. The zero-order valence-corrected chi connectivity index (χ0v) is 13.1. The lowest BCUT2D eigenvalue weighted by atomic mass is 10.1. The summed E-state index contributed by atoms with van der Waals surface area (Å²) >= 11 is 10.9. The number of hydrogen-bond donors (Lipinski definition) is 0. The minimum atomic E-state index is -0.00458. The van der Waals surface area contributed by atoms with Gasteiger partial charge in [0.15, 0.2) is 5.78 Å². The molecule has 0 atom stereocenters. The highest BCUT2D eigenvalue weighted by molar-refractivity contribution is 9.10. The number of benzene rings is 1. The van der Waals surface area contributed by atoms with Crippen LogP contribution in [0.2, 0.25) is 5.02 Å². The van der Waals surface area contributed by atoms with Crippen LogP contribution in [0.1, 0.15) is 25.9 Å². The highest BCUT2D eigenvalue weighted by Gasteiger charge is 2.14. The second kappa shape index (κ2) is 5.51. The molecule has 2 rings (SSSR count). The Morgan fingerprint density at radius 2 is 2.17 bits per heavy atom. The van der Waals surface area contributed by atoms with Crippen molar-refractivity contribution in [3.8, 4) is 0 Å². The molecule has 1 aromatic carbocycles. The van der Waals surface area contributed by atoms with Gasteiger partial charge in [-0.25, -0.2) is 4.98 Å². The minimum absolute atomic E-state index is 0.00458. The Kier molecular flexibility index (Phi) is 4.20. The molecule has 0 aliphatic rings. The van der Waals surface area contributed by atoms with Crippen molar-refractivity contribution in [2.75, 3.05) is 0 Å². The van der Waals surface area contributed by atoms with E-state index in [2.05, 4.69) is 20.9 Å². The molecule has 1 aromatic heterocycles. The smallest absolute Gasteiger partial charge is 0.171 e. The Balaban J connectivity index is 2.24. The lowest BCUT2D eigenvalue weighted by Gasteiger charge is -2.02. The van der Waals surface area contributed by atoms with Gasteiger partial charge in [-0.15, -0.1) is 11.3 Å². The second-order valence-electron chi connectivity index (χ2n) is 3.97. The molecule has 0 amide bonds. The number of aromatic nitrogens is 1. The maximum atomic E-state index is 12.2. The number of carbonyl (C=O) groups excluding carboxylic acids is 1. The van der Waals surface area contributed by atoms with E-state index in [1.165, 1.54) is 0 Å². The van der Waals surface area contributed by atoms with Crippen LogP contribution in [0.5, 0.6) is 0 Å². The fraction of sp³-hybridized carbons (Fsp3) is 0.231. The van der Waals surface area contributed by atoms with Gasteiger partial charge >= 0.3 is 0 Å². The maximum Gasteiger partial charge on any atom is 0.171 e. The van der Waals surface area contributed by atoms with Crippen molar-refractivity contribution in [1.82, 2.24) is 4.98 Å². The van der Waals surface area contributed by atoms with Gasteiger partial charge in [-0.05, 0) is 32.0 Å². The van der Waals surface area contributed by atoms with Crippen LogP contribution in [0.25, 0.3) is 0 Å². The van der Waals surface area contributed by atoms with Crippen molar-refractivity contribution in [3.05, 3.63) is 48.8 Å². The molecule has 5 heteroatoms. The average Bonchev–Trinajstić information content (AvgIpc) is 2.61. The fourth-order valence-electron chi connectivity index (χ4n) is 1.56. The first-order chi connectivity index (χ1) is 8.47. The molecular formula is C13H11BrClNOS. The van der Waals surface area contributed by atoms with Gasteiger partial charge in [0.2, 0.25) is 0 Å². The van der Waals surface area contributed by atoms with E-state index in [1.807, 2.05) is 19.9 Å². The van der Waals surface area contributed by atoms with Crippen LogP contribution in [0.4, 0.5) is 0 Å². The topological polar surface area (TPSA) is 30.0 Å². The molecule has 0 aliphatic carbocycles. The number of aryl methyl sites for hydroxylation is 2. The van der Waals surface area contributed by atoms with Gasteiger partial charge in [-0.3, -0.25) is 4.79 Å². The van der Waals surface area contributed by atoms with Gasteiger partial charge < -0.3 is 0 Å². The van der Waals surface area contributed by atoms with Gasteiger partial charge in [-0.2, -0.15) is 0 Å². The van der Waals surface area contributed by atoms with Crippen molar-refractivity contribution in [1.29, 1.82) is 0 Å². The molecule has 0 N–H and O–H groups in total. The van der Waals surface area contributed by atoms with Crippen LogP contribution in [0, 0.1) is 13.8 Å². The molecule has 0 saturated heterocycles. The molecule has 0 aliphatic heterocycles. The summed E-state index contributed by atoms with van der Waals surface area (Å²) in [7, 11) is 0. The molecule has 0 spiro atoms. The van der Waals surface area contributed by atoms with Gasteiger partial charge in [0.25, 0.3) is 0 Å². The summed E-state index contributed by atoms with van der Waals surface area (Å²) < 4.78 is 0.849. The van der Waals surface area contributed by atoms with Crippen LogP contribution in [-0.4, -0.2) is 10.8 Å². The van der Waals surface area contributed by atoms with Gasteiger partial charge in [0, 0.05) is 14.9 Å². The molecule has 2 aromatic rings. The Morgan fingerprint density at radius 3 is 2.78 bits per heavy atom. The third-order valence-corrected chi connectivity index (χ3v) is 4.51. The van der Waals surface area contributed by atoms with Crippen molar-refractivity contribution < 1.29 is 4.79 Å². The monoisotopic (exact) mass is 343 g/mol. The number of nitrogens with zero attached hydrogens (tertiary/aromatic N) is 1. The molecule has 0 saturated carbocycles. The Labute approximate surface area is 123 Å². The number of ketones is 1. The van der Waals surface area contributed by atoms with Gasteiger partial charge in [-0.1, -0.05) is 27.5 Å². The summed E-state index contributed by atoms with van der Waals surface area (Å²) in [6.07, 6.45) is 0.301. The number of thiazole rings is 1. The largest absolute Gasteiger partial charge is 0.294 e. The van der Waals surface area contributed by atoms with Crippen LogP contribution in [-0.2, 0) is 6.42 Å². The molecule has 0 unspecified atom stereocenters. The number of rotatable bonds is 3. The first kappa shape index (κ1) is 13.7. The summed E-state index contributed by atoms with van der Waals surface area (Å²) in [5.74, 6) is -0.00458. The first-order valence-corrected chi connectivity index (χ1v) is 7.37. The fourth-order valence-corrected chi connectivity index (χ4v) is 3.08. The lowest BCUT2D eigenvalue weighted by molar-refractivity contribution is 0.0993. The molecular weight excluding hydrogens is 334 g/mol. The van der Waals surface area contributed by atoms with E-state index in [9.17, 15) is 4.79 Å². The Morgan fingerprint density at radius 1 is 1.44 bits per heavy atom. The molecule has 1 heterocycles. The standard InChI is InChI=1S/C13H11BrClNOS/c1-7-8(2)18-13(16-7)6-12(17)10-5-9(14)3-4-11(10)15/h3-5H,6H2,1-2H3. The Bertz CT molecular complexity index is 590. The van der Waals surface area contributed by atoms with Gasteiger partial charge in [0.05, 0.1) is 17.1 Å². The molecule has 0 bridgehead atoms. The molecule has 18 heavy (non-hydrogen) atoms. The van der Waals surface area contributed by atoms with Crippen LogP contribution < -0.4 is 0 Å². The summed E-state index contributed by atoms with van der Waals surface area (Å²) in [6.45, 7) is 3.96. The molecule has 0 fully saturated rings. The van der Waals surface area contributed by atoms with Crippen LogP contribution >= 0.6 is 38.9 Å². The van der Waals surface area contributed by atoms with Crippen molar-refractivity contribution in [3.63, 3.8) is 0 Å². The van der Waals surface area contributed by atoms with E-state index in [4.69, 9.17) is 11.6 Å². The maximum absolute atomic E-state index is 12.2. The molecule has 2 nitrogen and oxygen atoms in total. The third-order valence-electron chi connectivity index (χ3n) is 2.61. The summed E-state index contributed by atoms with van der Waals surface area (Å²) in [6, 6.07) is 5.28. The lowest BCUT2D eigenvalue weighted by Crippen LogP contribution is -2.04. The highest BCUT2D eigenvalue weighted by Crippen LogP contribution is 2.24. The average molecular weight is 345 g/mol. The number of carbonyl (C=O) groups is 1. The highest BCUT2D eigenvalue weighted by atomic mass is 79.9. The first-order valence-electron chi connectivity index (χ1n) is 5.38. The van der Waals surface area contributed by atoms with Gasteiger partial charge in [0.1, 0.15) is 5.01 Å². The van der Waals surface area contributed by atoms with Crippen molar-refractivity contribution >= 4 is 44.7 Å². The van der Waals surface area contributed by atoms with E-state index >= 15 is 0 Å². The van der Waals surface area contributed by atoms with Crippen LogP contribution in [0.15, 0.2) is 22.7 Å². The van der Waals surface area contributed by atoms with Crippen molar-refractivity contribution in [2.24, 2.45) is 0 Å². The zero-order valence-electron chi connectivity index (χ0n) is 9.96. The minimum Gasteiger partial charge on any atom is -0.294 e. The van der Waals surface area contributed by atoms with Crippen LogP contribution in [0.3, 0.4) is 0 Å². The number of Topliss-reactive ketones (excluding diaryl/α,β-unsaturated/α-hetero) is 1. The second-order valence-corrected chi connectivity index (χ2v) is 6.58. The van der Waals surface area contributed by atoms with E-state index in [0.717, 1.165) is 20.1 Å². The Hall–Kier alpha value is -0.710. The molecule has 94 valence electrons.